The molecule has 0 fully saturated rings. The van der Waals surface area contributed by atoms with Gasteiger partial charge in [0.15, 0.2) is 0 Å². The Morgan fingerprint density at radius 1 is 1.26 bits per heavy atom. The lowest BCUT2D eigenvalue weighted by molar-refractivity contribution is -0.118. The van der Waals surface area contributed by atoms with Gasteiger partial charge in [-0.3, -0.25) is 4.79 Å². The van der Waals surface area contributed by atoms with Crippen LogP contribution in [0, 0.1) is 0 Å². The third-order valence-electron chi connectivity index (χ3n) is 3.94. The van der Waals surface area contributed by atoms with Crippen molar-refractivity contribution in [3.05, 3.63) is 35.4 Å². The first-order valence-electron chi connectivity index (χ1n) is 7.01. The Hall–Kier alpha value is -1.35. The topological polar surface area (TPSA) is 69.1 Å². The quantitative estimate of drug-likeness (QED) is 0.793. The number of primary amides is 1. The molecule has 1 amide bonds. The van der Waals surface area contributed by atoms with Crippen LogP contribution in [0.1, 0.15) is 63.6 Å². The Balaban J connectivity index is 2.63. The first-order chi connectivity index (χ1) is 8.86. The number of benzene rings is 1. The van der Waals surface area contributed by atoms with E-state index in [4.69, 9.17) is 11.5 Å². The average molecular weight is 262 g/mol. The predicted octanol–water partition coefficient (Wildman–Crippen LogP) is 3.03. The molecule has 0 heterocycles. The predicted molar refractivity (Wildman–Crippen MR) is 79.7 cm³/mol. The molecule has 1 aromatic carbocycles. The number of carbonyl (C=O) groups excluding carboxylic acids is 1. The van der Waals surface area contributed by atoms with Crippen LogP contribution < -0.4 is 11.5 Å². The van der Waals surface area contributed by atoms with Crippen LogP contribution >= 0.6 is 0 Å². The SMILES string of the molecule is CCC(C)(C)c1ccc(C(N)CCCC(N)=O)cc1. The second kappa shape index (κ2) is 6.71. The van der Waals surface area contributed by atoms with Crippen LogP contribution in [0.15, 0.2) is 24.3 Å². The molecule has 106 valence electrons. The summed E-state index contributed by atoms with van der Waals surface area (Å²) >= 11 is 0. The van der Waals surface area contributed by atoms with Crippen molar-refractivity contribution in [1.82, 2.24) is 0 Å². The van der Waals surface area contributed by atoms with E-state index in [2.05, 4.69) is 45.0 Å². The standard InChI is InChI=1S/C16H26N2O/c1-4-16(2,3)13-10-8-12(9-11-13)14(17)6-5-7-15(18)19/h8-11,14H,4-7,17H2,1-3H3,(H2,18,19). The highest BCUT2D eigenvalue weighted by molar-refractivity contribution is 5.73. The van der Waals surface area contributed by atoms with Gasteiger partial charge >= 0.3 is 0 Å². The van der Waals surface area contributed by atoms with Gasteiger partial charge in [-0.1, -0.05) is 45.0 Å². The zero-order chi connectivity index (χ0) is 14.5. The summed E-state index contributed by atoms with van der Waals surface area (Å²) in [4.78, 5) is 10.7. The van der Waals surface area contributed by atoms with Gasteiger partial charge in [0.05, 0.1) is 0 Å². The molecule has 0 radical (unpaired) electrons. The average Bonchev–Trinajstić information content (AvgIpc) is 2.38. The molecule has 1 rings (SSSR count). The number of nitrogens with two attached hydrogens (primary N) is 2. The molecule has 0 saturated carbocycles. The van der Waals surface area contributed by atoms with E-state index >= 15 is 0 Å². The number of amides is 1. The van der Waals surface area contributed by atoms with Gasteiger partial charge in [0, 0.05) is 12.5 Å². The number of carbonyl (C=O) groups is 1. The number of hydrogen-bond donors (Lipinski definition) is 2. The minimum Gasteiger partial charge on any atom is -0.370 e. The van der Waals surface area contributed by atoms with E-state index in [1.54, 1.807) is 0 Å². The summed E-state index contributed by atoms with van der Waals surface area (Å²) < 4.78 is 0. The van der Waals surface area contributed by atoms with Gasteiger partial charge in [-0.05, 0) is 35.8 Å². The monoisotopic (exact) mass is 262 g/mol. The van der Waals surface area contributed by atoms with Crippen molar-refractivity contribution in [2.45, 2.75) is 57.9 Å². The molecule has 0 aliphatic carbocycles. The fraction of sp³-hybridized carbons (Fsp3) is 0.562. The van der Waals surface area contributed by atoms with Gasteiger partial charge in [-0.15, -0.1) is 0 Å². The Morgan fingerprint density at radius 2 is 1.84 bits per heavy atom. The molecule has 0 saturated heterocycles. The van der Waals surface area contributed by atoms with E-state index < -0.39 is 0 Å². The molecule has 0 bridgehead atoms. The van der Waals surface area contributed by atoms with Gasteiger partial charge in [-0.25, -0.2) is 0 Å². The molecule has 1 atom stereocenters. The zero-order valence-corrected chi connectivity index (χ0v) is 12.3. The lowest BCUT2D eigenvalue weighted by Gasteiger charge is -2.24. The summed E-state index contributed by atoms with van der Waals surface area (Å²) in [5, 5.41) is 0. The molecule has 0 aliphatic rings. The van der Waals surface area contributed by atoms with Crippen molar-refractivity contribution in [3.63, 3.8) is 0 Å². The minimum atomic E-state index is -0.257. The third kappa shape index (κ3) is 4.67. The number of hydrogen-bond acceptors (Lipinski definition) is 2. The van der Waals surface area contributed by atoms with Crippen molar-refractivity contribution >= 4 is 5.91 Å². The first-order valence-corrected chi connectivity index (χ1v) is 7.01. The van der Waals surface area contributed by atoms with E-state index in [1.165, 1.54) is 5.56 Å². The molecule has 1 unspecified atom stereocenters. The summed E-state index contributed by atoms with van der Waals surface area (Å²) in [7, 11) is 0. The van der Waals surface area contributed by atoms with Gasteiger partial charge in [0.2, 0.25) is 5.91 Å². The lowest BCUT2D eigenvalue weighted by Crippen LogP contribution is -2.16. The summed E-state index contributed by atoms with van der Waals surface area (Å²) in [6.45, 7) is 6.69. The van der Waals surface area contributed by atoms with Crippen LogP contribution in [0.3, 0.4) is 0 Å². The van der Waals surface area contributed by atoms with Crippen molar-refractivity contribution < 1.29 is 4.79 Å². The van der Waals surface area contributed by atoms with Crippen LogP contribution in [0.2, 0.25) is 0 Å². The van der Waals surface area contributed by atoms with Gasteiger partial charge in [-0.2, -0.15) is 0 Å². The van der Waals surface area contributed by atoms with Gasteiger partial charge in [0.25, 0.3) is 0 Å². The Bertz CT molecular complexity index is 409. The molecule has 19 heavy (non-hydrogen) atoms. The Morgan fingerprint density at radius 3 is 2.32 bits per heavy atom. The minimum absolute atomic E-state index is 0.0156. The molecule has 3 nitrogen and oxygen atoms in total. The largest absolute Gasteiger partial charge is 0.370 e. The smallest absolute Gasteiger partial charge is 0.217 e. The van der Waals surface area contributed by atoms with E-state index in [-0.39, 0.29) is 17.4 Å². The lowest BCUT2D eigenvalue weighted by atomic mass is 9.81. The van der Waals surface area contributed by atoms with Crippen molar-refractivity contribution in [2.24, 2.45) is 11.5 Å². The molecule has 4 N–H and O–H groups in total. The molecule has 1 aromatic rings. The maximum atomic E-state index is 10.7. The van der Waals surface area contributed by atoms with Crippen LogP contribution in [0.4, 0.5) is 0 Å². The fourth-order valence-corrected chi connectivity index (χ4v) is 2.05. The Labute approximate surface area is 116 Å². The van der Waals surface area contributed by atoms with Crippen molar-refractivity contribution in [1.29, 1.82) is 0 Å². The van der Waals surface area contributed by atoms with E-state index in [0.717, 1.165) is 24.8 Å². The normalized spacial score (nSPS) is 13.3. The molecule has 3 heteroatoms. The van der Waals surface area contributed by atoms with Crippen LogP contribution in [0.25, 0.3) is 0 Å². The second-order valence-corrected chi connectivity index (χ2v) is 5.82. The van der Waals surface area contributed by atoms with Gasteiger partial charge < -0.3 is 11.5 Å². The van der Waals surface area contributed by atoms with Crippen LogP contribution in [-0.2, 0) is 10.2 Å². The second-order valence-electron chi connectivity index (χ2n) is 5.82. The summed E-state index contributed by atoms with van der Waals surface area (Å²) in [5.74, 6) is -0.257. The zero-order valence-electron chi connectivity index (χ0n) is 12.3. The highest BCUT2D eigenvalue weighted by Crippen LogP contribution is 2.28. The van der Waals surface area contributed by atoms with Crippen molar-refractivity contribution in [2.75, 3.05) is 0 Å². The maximum absolute atomic E-state index is 10.7. The fourth-order valence-electron chi connectivity index (χ4n) is 2.05. The molecular formula is C16H26N2O. The number of rotatable bonds is 7. The highest BCUT2D eigenvalue weighted by atomic mass is 16.1. The summed E-state index contributed by atoms with van der Waals surface area (Å²) in [6, 6.07) is 8.50. The molecular weight excluding hydrogens is 236 g/mol. The van der Waals surface area contributed by atoms with E-state index in [0.29, 0.717) is 6.42 Å². The molecule has 0 aliphatic heterocycles. The van der Waals surface area contributed by atoms with Crippen LogP contribution in [-0.4, -0.2) is 5.91 Å². The molecule has 0 spiro atoms. The van der Waals surface area contributed by atoms with Crippen molar-refractivity contribution in [3.8, 4) is 0 Å². The highest BCUT2D eigenvalue weighted by Gasteiger charge is 2.18. The van der Waals surface area contributed by atoms with Crippen LogP contribution in [0.5, 0.6) is 0 Å². The van der Waals surface area contributed by atoms with E-state index in [1.807, 2.05) is 0 Å². The first kappa shape index (κ1) is 15.7. The Kier molecular flexibility index (Phi) is 5.55. The summed E-state index contributed by atoms with van der Waals surface area (Å²) in [5.41, 5.74) is 13.9. The molecule has 0 aromatic heterocycles. The summed E-state index contributed by atoms with van der Waals surface area (Å²) in [6.07, 6.45) is 3.06. The van der Waals surface area contributed by atoms with Gasteiger partial charge in [0.1, 0.15) is 0 Å². The maximum Gasteiger partial charge on any atom is 0.217 e. The third-order valence-corrected chi connectivity index (χ3v) is 3.94. The van der Waals surface area contributed by atoms with E-state index in [9.17, 15) is 4.79 Å².